The zero-order valence-electron chi connectivity index (χ0n) is 8.29. The fourth-order valence-electron chi connectivity index (χ4n) is 2.13. The van der Waals surface area contributed by atoms with Crippen LogP contribution in [-0.4, -0.2) is 6.54 Å². The first kappa shape index (κ1) is 9.43. The van der Waals surface area contributed by atoms with Gasteiger partial charge in [0, 0.05) is 9.86 Å². The molecule has 0 bridgehead atoms. The lowest BCUT2D eigenvalue weighted by molar-refractivity contribution is 0.471. The zero-order valence-corrected chi connectivity index (χ0v) is 9.88. The third kappa shape index (κ3) is 1.70. The van der Waals surface area contributed by atoms with Crippen molar-refractivity contribution in [3.63, 3.8) is 0 Å². The standard InChI is InChI=1S/C12H12BrNO/c13-9-3-4-11-8(6-9)7-12(15-11)10-2-1-5-14-10/h3-4,6-7,10,14H,1-2,5H2. The van der Waals surface area contributed by atoms with Gasteiger partial charge in [-0.3, -0.25) is 0 Å². The summed E-state index contributed by atoms with van der Waals surface area (Å²) in [5.74, 6) is 1.07. The van der Waals surface area contributed by atoms with E-state index in [0.717, 1.165) is 22.4 Å². The van der Waals surface area contributed by atoms with Crippen molar-refractivity contribution >= 4 is 26.9 Å². The van der Waals surface area contributed by atoms with Gasteiger partial charge in [-0.05, 0) is 43.7 Å². The van der Waals surface area contributed by atoms with E-state index in [4.69, 9.17) is 4.42 Å². The lowest BCUT2D eigenvalue weighted by Crippen LogP contribution is -2.11. The van der Waals surface area contributed by atoms with Crippen LogP contribution in [-0.2, 0) is 0 Å². The quantitative estimate of drug-likeness (QED) is 0.852. The van der Waals surface area contributed by atoms with Crippen LogP contribution >= 0.6 is 15.9 Å². The van der Waals surface area contributed by atoms with E-state index in [2.05, 4.69) is 33.4 Å². The molecule has 15 heavy (non-hydrogen) atoms. The maximum Gasteiger partial charge on any atom is 0.134 e. The highest BCUT2D eigenvalue weighted by Gasteiger charge is 2.19. The molecule has 1 saturated heterocycles. The van der Waals surface area contributed by atoms with Crippen molar-refractivity contribution in [1.82, 2.24) is 5.32 Å². The van der Waals surface area contributed by atoms with Gasteiger partial charge >= 0.3 is 0 Å². The Morgan fingerprint density at radius 3 is 3.07 bits per heavy atom. The van der Waals surface area contributed by atoms with Crippen molar-refractivity contribution in [1.29, 1.82) is 0 Å². The summed E-state index contributed by atoms with van der Waals surface area (Å²) in [7, 11) is 0. The number of benzene rings is 1. The second-order valence-electron chi connectivity index (χ2n) is 3.98. The molecule has 0 amide bonds. The molecule has 3 rings (SSSR count). The van der Waals surface area contributed by atoms with Gasteiger partial charge in [-0.2, -0.15) is 0 Å². The number of hydrogen-bond acceptors (Lipinski definition) is 2. The van der Waals surface area contributed by atoms with Gasteiger partial charge in [-0.1, -0.05) is 15.9 Å². The van der Waals surface area contributed by atoms with E-state index in [9.17, 15) is 0 Å². The monoisotopic (exact) mass is 265 g/mol. The summed E-state index contributed by atoms with van der Waals surface area (Å²) >= 11 is 3.47. The van der Waals surface area contributed by atoms with Crippen LogP contribution in [0.2, 0.25) is 0 Å². The minimum absolute atomic E-state index is 0.413. The molecule has 1 fully saturated rings. The van der Waals surface area contributed by atoms with E-state index in [0.29, 0.717) is 6.04 Å². The van der Waals surface area contributed by atoms with Crippen LogP contribution in [0.1, 0.15) is 24.6 Å². The second kappa shape index (κ2) is 3.65. The summed E-state index contributed by atoms with van der Waals surface area (Å²) in [4.78, 5) is 0. The van der Waals surface area contributed by atoms with Crippen molar-refractivity contribution in [2.75, 3.05) is 6.54 Å². The van der Waals surface area contributed by atoms with E-state index in [1.165, 1.54) is 18.2 Å². The maximum absolute atomic E-state index is 5.82. The van der Waals surface area contributed by atoms with E-state index >= 15 is 0 Å². The third-order valence-electron chi connectivity index (χ3n) is 2.90. The predicted molar refractivity (Wildman–Crippen MR) is 63.9 cm³/mol. The van der Waals surface area contributed by atoms with Crippen LogP contribution in [0.25, 0.3) is 11.0 Å². The Hall–Kier alpha value is -0.800. The number of halogens is 1. The van der Waals surface area contributed by atoms with Crippen molar-refractivity contribution in [2.45, 2.75) is 18.9 Å². The number of hydrogen-bond donors (Lipinski definition) is 1. The molecule has 3 heteroatoms. The van der Waals surface area contributed by atoms with E-state index in [1.54, 1.807) is 0 Å². The van der Waals surface area contributed by atoms with Gasteiger partial charge < -0.3 is 9.73 Å². The number of nitrogens with one attached hydrogen (secondary N) is 1. The van der Waals surface area contributed by atoms with E-state index < -0.39 is 0 Å². The smallest absolute Gasteiger partial charge is 0.134 e. The van der Waals surface area contributed by atoms with E-state index in [1.807, 2.05) is 12.1 Å². The maximum atomic E-state index is 5.82. The highest BCUT2D eigenvalue weighted by atomic mass is 79.9. The minimum Gasteiger partial charge on any atom is -0.459 e. The lowest BCUT2D eigenvalue weighted by Gasteiger charge is -2.04. The summed E-state index contributed by atoms with van der Waals surface area (Å²) in [6, 6.07) is 8.67. The molecule has 1 aromatic carbocycles. The highest BCUT2D eigenvalue weighted by molar-refractivity contribution is 9.10. The van der Waals surface area contributed by atoms with Crippen LogP contribution in [0.5, 0.6) is 0 Å². The number of rotatable bonds is 1. The summed E-state index contributed by atoms with van der Waals surface area (Å²) in [6.07, 6.45) is 2.42. The Morgan fingerprint density at radius 1 is 1.33 bits per heavy atom. The lowest BCUT2D eigenvalue weighted by atomic mass is 10.1. The summed E-state index contributed by atoms with van der Waals surface area (Å²) in [5.41, 5.74) is 0.974. The Bertz CT molecular complexity index is 485. The normalized spacial score (nSPS) is 21.3. The molecule has 1 aromatic heterocycles. The molecule has 0 spiro atoms. The molecule has 78 valence electrons. The molecule has 0 saturated carbocycles. The fraction of sp³-hybridized carbons (Fsp3) is 0.333. The van der Waals surface area contributed by atoms with Crippen LogP contribution in [0.3, 0.4) is 0 Å². The number of fused-ring (bicyclic) bond motifs is 1. The summed E-state index contributed by atoms with van der Waals surface area (Å²) < 4.78 is 6.92. The Morgan fingerprint density at radius 2 is 2.27 bits per heavy atom. The topological polar surface area (TPSA) is 25.2 Å². The molecule has 1 N–H and O–H groups in total. The largest absolute Gasteiger partial charge is 0.459 e. The van der Waals surface area contributed by atoms with Gasteiger partial charge in [0.2, 0.25) is 0 Å². The van der Waals surface area contributed by atoms with Gasteiger partial charge in [0.05, 0.1) is 6.04 Å². The Labute approximate surface area is 96.8 Å². The first-order valence-corrected chi connectivity index (χ1v) is 6.04. The van der Waals surface area contributed by atoms with Crippen LogP contribution in [0, 0.1) is 0 Å². The predicted octanol–water partition coefficient (Wildman–Crippen LogP) is 3.62. The van der Waals surface area contributed by atoms with Crippen molar-refractivity contribution in [3.05, 3.63) is 34.5 Å². The molecular weight excluding hydrogens is 254 g/mol. The van der Waals surface area contributed by atoms with Gasteiger partial charge in [-0.25, -0.2) is 0 Å². The summed E-state index contributed by atoms with van der Waals surface area (Å²) in [5, 5.41) is 4.62. The molecule has 0 aliphatic carbocycles. The van der Waals surface area contributed by atoms with E-state index in [-0.39, 0.29) is 0 Å². The van der Waals surface area contributed by atoms with Gasteiger partial charge in [0.1, 0.15) is 11.3 Å². The molecule has 1 aliphatic rings. The summed E-state index contributed by atoms with van der Waals surface area (Å²) in [6.45, 7) is 1.10. The first-order valence-electron chi connectivity index (χ1n) is 5.25. The van der Waals surface area contributed by atoms with Crippen LogP contribution in [0.4, 0.5) is 0 Å². The van der Waals surface area contributed by atoms with Crippen molar-refractivity contribution in [3.8, 4) is 0 Å². The first-order chi connectivity index (χ1) is 7.33. The molecular formula is C12H12BrNO. The van der Waals surface area contributed by atoms with Gasteiger partial charge in [0.15, 0.2) is 0 Å². The molecule has 1 atom stereocenters. The second-order valence-corrected chi connectivity index (χ2v) is 4.90. The zero-order chi connectivity index (χ0) is 10.3. The van der Waals surface area contributed by atoms with Gasteiger partial charge in [-0.15, -0.1) is 0 Å². The van der Waals surface area contributed by atoms with Crippen molar-refractivity contribution < 1.29 is 4.42 Å². The van der Waals surface area contributed by atoms with Crippen molar-refractivity contribution in [2.24, 2.45) is 0 Å². The Balaban J connectivity index is 2.05. The molecule has 2 aromatic rings. The molecule has 2 heterocycles. The number of furan rings is 1. The highest BCUT2D eigenvalue weighted by Crippen LogP contribution is 2.30. The molecule has 1 unspecified atom stereocenters. The third-order valence-corrected chi connectivity index (χ3v) is 3.39. The van der Waals surface area contributed by atoms with Gasteiger partial charge in [0.25, 0.3) is 0 Å². The molecule has 1 aliphatic heterocycles. The average Bonchev–Trinajstić information content (AvgIpc) is 2.84. The van der Waals surface area contributed by atoms with Crippen LogP contribution < -0.4 is 5.32 Å². The Kier molecular flexibility index (Phi) is 2.29. The SMILES string of the molecule is Brc1ccc2oc(C3CCCN3)cc2c1. The van der Waals surface area contributed by atoms with Crippen LogP contribution in [0.15, 0.2) is 33.2 Å². The molecule has 0 radical (unpaired) electrons. The fourth-order valence-corrected chi connectivity index (χ4v) is 2.51. The minimum atomic E-state index is 0.413. The average molecular weight is 266 g/mol. The molecule has 2 nitrogen and oxygen atoms in total.